The van der Waals surface area contributed by atoms with Crippen LogP contribution in [0.15, 0.2) is 66.9 Å². The Morgan fingerprint density at radius 1 is 0.931 bits per heavy atom. The van der Waals surface area contributed by atoms with E-state index in [4.69, 9.17) is 0 Å². The number of carbonyl (C=O) groups is 2. The van der Waals surface area contributed by atoms with Crippen molar-refractivity contribution in [2.24, 2.45) is 0 Å². The number of para-hydroxylation sites is 1. The topological polar surface area (TPSA) is 71.1 Å². The van der Waals surface area contributed by atoms with Gasteiger partial charge in [-0.15, -0.1) is 0 Å². The van der Waals surface area contributed by atoms with Crippen LogP contribution in [0.5, 0.6) is 0 Å². The lowest BCUT2D eigenvalue weighted by atomic mass is 10.0. The lowest BCUT2D eigenvalue weighted by Gasteiger charge is -2.10. The molecule has 0 bridgehead atoms. The fourth-order valence-electron chi connectivity index (χ4n) is 2.99. The maximum Gasteiger partial charge on any atom is 0.274 e. The molecule has 2 N–H and O–H groups in total. The molecular formula is C24H25N3O2. The highest BCUT2D eigenvalue weighted by molar-refractivity contribution is 6.08. The van der Waals surface area contributed by atoms with Gasteiger partial charge in [-0.05, 0) is 53.8 Å². The van der Waals surface area contributed by atoms with Crippen LogP contribution in [-0.4, -0.2) is 16.8 Å². The number of hydrogen-bond donors (Lipinski definition) is 2. The number of carbonyl (C=O) groups excluding carboxylic acids is 2. The third-order valence-electron chi connectivity index (χ3n) is 4.74. The minimum atomic E-state index is -0.346. The monoisotopic (exact) mass is 387 g/mol. The van der Waals surface area contributed by atoms with Crippen LogP contribution in [0.2, 0.25) is 0 Å². The molecule has 3 aromatic rings. The molecule has 0 fully saturated rings. The Bertz CT molecular complexity index is 1010. The van der Waals surface area contributed by atoms with Gasteiger partial charge in [0.25, 0.3) is 11.8 Å². The number of hydrogen-bond acceptors (Lipinski definition) is 3. The van der Waals surface area contributed by atoms with E-state index in [-0.39, 0.29) is 17.5 Å². The summed E-state index contributed by atoms with van der Waals surface area (Å²) in [6, 6.07) is 18.5. The molecule has 148 valence electrons. The summed E-state index contributed by atoms with van der Waals surface area (Å²) in [5, 5.41) is 5.74. The van der Waals surface area contributed by atoms with Crippen molar-refractivity contribution in [2.75, 3.05) is 10.6 Å². The molecule has 0 radical (unpaired) electrons. The normalized spacial score (nSPS) is 10.6. The van der Waals surface area contributed by atoms with E-state index in [0.29, 0.717) is 17.2 Å². The van der Waals surface area contributed by atoms with Gasteiger partial charge in [-0.1, -0.05) is 51.1 Å². The Hall–Kier alpha value is -3.47. The van der Waals surface area contributed by atoms with Gasteiger partial charge < -0.3 is 10.6 Å². The predicted octanol–water partition coefficient (Wildman–Crippen LogP) is 5.27. The Labute approximate surface area is 171 Å². The molecule has 0 saturated carbocycles. The molecule has 0 aliphatic carbocycles. The van der Waals surface area contributed by atoms with E-state index in [2.05, 4.69) is 29.5 Å². The standard InChI is InChI=1S/C24H25N3O2/c1-4-17-7-5-6-8-21(17)27-24(29)22-15-19(13-14-25-22)23(28)26-20-11-9-18(10-12-20)16(2)3/h5-16H,4H2,1-3H3,(H,26,28)(H,27,29). The summed E-state index contributed by atoms with van der Waals surface area (Å²) in [5.74, 6) is -0.201. The Morgan fingerprint density at radius 3 is 2.34 bits per heavy atom. The minimum absolute atomic E-state index is 0.193. The largest absolute Gasteiger partial charge is 0.322 e. The van der Waals surface area contributed by atoms with Crippen LogP contribution in [0.1, 0.15) is 58.7 Å². The summed E-state index contributed by atoms with van der Waals surface area (Å²) in [4.78, 5) is 29.3. The summed E-state index contributed by atoms with van der Waals surface area (Å²) in [6.07, 6.45) is 2.28. The summed E-state index contributed by atoms with van der Waals surface area (Å²) in [7, 11) is 0. The van der Waals surface area contributed by atoms with Gasteiger partial charge in [0, 0.05) is 23.1 Å². The fraction of sp³-hybridized carbons (Fsp3) is 0.208. The van der Waals surface area contributed by atoms with Crippen molar-refractivity contribution in [3.05, 3.63) is 89.2 Å². The van der Waals surface area contributed by atoms with Crippen LogP contribution in [-0.2, 0) is 6.42 Å². The van der Waals surface area contributed by atoms with Gasteiger partial charge in [0.05, 0.1) is 0 Å². The zero-order valence-corrected chi connectivity index (χ0v) is 16.9. The van der Waals surface area contributed by atoms with Gasteiger partial charge in [0.1, 0.15) is 5.69 Å². The lowest BCUT2D eigenvalue weighted by Crippen LogP contribution is -2.17. The first-order valence-corrected chi connectivity index (χ1v) is 9.74. The quantitative estimate of drug-likeness (QED) is 0.605. The van der Waals surface area contributed by atoms with Crippen LogP contribution >= 0.6 is 0 Å². The number of amides is 2. The highest BCUT2D eigenvalue weighted by Gasteiger charge is 2.13. The molecule has 0 spiro atoms. The molecule has 0 atom stereocenters. The summed E-state index contributed by atoms with van der Waals surface area (Å²) >= 11 is 0. The Balaban J connectivity index is 1.72. The first-order chi connectivity index (χ1) is 14.0. The molecule has 3 rings (SSSR count). The molecule has 2 amide bonds. The molecule has 2 aromatic carbocycles. The number of rotatable bonds is 6. The minimum Gasteiger partial charge on any atom is -0.322 e. The van der Waals surface area contributed by atoms with E-state index in [0.717, 1.165) is 17.7 Å². The van der Waals surface area contributed by atoms with Crippen molar-refractivity contribution >= 4 is 23.2 Å². The van der Waals surface area contributed by atoms with Crippen molar-refractivity contribution in [1.29, 1.82) is 0 Å². The smallest absolute Gasteiger partial charge is 0.274 e. The van der Waals surface area contributed by atoms with Crippen LogP contribution in [0, 0.1) is 0 Å². The van der Waals surface area contributed by atoms with E-state index in [9.17, 15) is 9.59 Å². The summed E-state index contributed by atoms with van der Waals surface area (Å²) in [5.41, 5.74) is 4.28. The van der Waals surface area contributed by atoms with Crippen LogP contribution in [0.4, 0.5) is 11.4 Å². The van der Waals surface area contributed by atoms with Gasteiger partial charge in [0.2, 0.25) is 0 Å². The van der Waals surface area contributed by atoms with Crippen molar-refractivity contribution in [3.63, 3.8) is 0 Å². The van der Waals surface area contributed by atoms with Crippen molar-refractivity contribution < 1.29 is 9.59 Å². The second-order valence-corrected chi connectivity index (χ2v) is 7.13. The average Bonchev–Trinajstić information content (AvgIpc) is 2.74. The number of aromatic nitrogens is 1. The van der Waals surface area contributed by atoms with E-state index in [1.807, 2.05) is 55.5 Å². The third kappa shape index (κ3) is 5.08. The summed E-state index contributed by atoms with van der Waals surface area (Å²) in [6.45, 7) is 6.27. The number of benzene rings is 2. The first-order valence-electron chi connectivity index (χ1n) is 9.74. The number of nitrogens with one attached hydrogen (secondary N) is 2. The van der Waals surface area contributed by atoms with E-state index in [1.165, 1.54) is 17.8 Å². The van der Waals surface area contributed by atoms with Crippen LogP contribution in [0.25, 0.3) is 0 Å². The van der Waals surface area contributed by atoms with Crippen molar-refractivity contribution in [3.8, 4) is 0 Å². The maximum atomic E-state index is 12.6. The van der Waals surface area contributed by atoms with Crippen molar-refractivity contribution in [1.82, 2.24) is 4.98 Å². The van der Waals surface area contributed by atoms with E-state index in [1.54, 1.807) is 6.07 Å². The molecule has 0 aliphatic rings. The number of aryl methyl sites for hydroxylation is 1. The van der Waals surface area contributed by atoms with Crippen LogP contribution < -0.4 is 10.6 Å². The molecule has 5 heteroatoms. The van der Waals surface area contributed by atoms with Gasteiger partial charge >= 0.3 is 0 Å². The van der Waals surface area contributed by atoms with Gasteiger partial charge in [-0.2, -0.15) is 0 Å². The zero-order chi connectivity index (χ0) is 20.8. The number of anilines is 2. The van der Waals surface area contributed by atoms with Gasteiger partial charge in [0.15, 0.2) is 0 Å². The zero-order valence-electron chi connectivity index (χ0n) is 16.9. The van der Waals surface area contributed by atoms with Crippen molar-refractivity contribution in [2.45, 2.75) is 33.1 Å². The van der Waals surface area contributed by atoms with Gasteiger partial charge in [-0.25, -0.2) is 0 Å². The highest BCUT2D eigenvalue weighted by atomic mass is 16.2. The lowest BCUT2D eigenvalue weighted by molar-refractivity contribution is 0.102. The number of pyridine rings is 1. The van der Waals surface area contributed by atoms with E-state index < -0.39 is 0 Å². The number of nitrogens with zero attached hydrogens (tertiary/aromatic N) is 1. The molecule has 0 unspecified atom stereocenters. The fourth-order valence-corrected chi connectivity index (χ4v) is 2.99. The second kappa shape index (κ2) is 9.15. The Morgan fingerprint density at radius 2 is 1.66 bits per heavy atom. The molecule has 1 heterocycles. The molecule has 0 saturated heterocycles. The third-order valence-corrected chi connectivity index (χ3v) is 4.74. The van der Waals surface area contributed by atoms with Crippen LogP contribution in [0.3, 0.4) is 0 Å². The predicted molar refractivity (Wildman–Crippen MR) is 116 cm³/mol. The first kappa shape index (κ1) is 20.3. The Kier molecular flexibility index (Phi) is 6.39. The summed E-state index contributed by atoms with van der Waals surface area (Å²) < 4.78 is 0. The second-order valence-electron chi connectivity index (χ2n) is 7.13. The molecule has 1 aromatic heterocycles. The molecule has 5 nitrogen and oxygen atoms in total. The molecule has 29 heavy (non-hydrogen) atoms. The SMILES string of the molecule is CCc1ccccc1NC(=O)c1cc(C(=O)Nc2ccc(C(C)C)cc2)ccn1. The highest BCUT2D eigenvalue weighted by Crippen LogP contribution is 2.19. The average molecular weight is 387 g/mol. The molecule has 0 aliphatic heterocycles. The van der Waals surface area contributed by atoms with E-state index >= 15 is 0 Å². The van der Waals surface area contributed by atoms with Gasteiger partial charge in [-0.3, -0.25) is 14.6 Å². The maximum absolute atomic E-state index is 12.6. The molecular weight excluding hydrogens is 362 g/mol.